The summed E-state index contributed by atoms with van der Waals surface area (Å²) in [5, 5.41) is 85.7. The molecule has 6 heterocycles. The van der Waals surface area contributed by atoms with Crippen molar-refractivity contribution in [3.8, 4) is 67.9 Å². The van der Waals surface area contributed by atoms with Gasteiger partial charge in [0.1, 0.15) is 0 Å². The van der Waals surface area contributed by atoms with Gasteiger partial charge in [0.25, 0.3) is 0 Å². The molecular weight excluding hydrogens is 1280 g/mol. The minimum atomic E-state index is -0.118. The molecule has 0 atom stereocenters. The predicted octanol–water partition coefficient (Wildman–Crippen LogP) is 7.21. The molecule has 12 aromatic carbocycles. The summed E-state index contributed by atoms with van der Waals surface area (Å²) in [5.41, 5.74) is 3.00. The first-order valence-electron chi connectivity index (χ1n) is 33.9. The molecule has 12 nitrogen and oxygen atoms in total. The summed E-state index contributed by atoms with van der Waals surface area (Å²) in [6.45, 7) is 12.0. The third-order valence-electron chi connectivity index (χ3n) is 17.1. The van der Waals surface area contributed by atoms with Gasteiger partial charge in [-0.15, -0.1) is 34.5 Å². The number of ether oxygens (including phenoxy) is 6. The van der Waals surface area contributed by atoms with Gasteiger partial charge in [0.15, 0.2) is 0 Å². The Morgan fingerprint density at radius 1 is 0.170 bits per heavy atom. The molecule has 0 aromatic heterocycles. The monoisotopic (exact) mass is 1360 g/mol. The SMILES string of the molecule is C1CCOC1.C1CCOC1.C1CCOC1.C1CCOC1.C1CCOC1.C1CCOC1.[Fe+3].[Li+].[Li+].[Li+].[O-]c1ccc2ccccc2c1-c1c([O-])ccc2ccccc12.[O-]c1ccc2ccccc2c1-c1c([O-])ccc2ccccc12.[O-]c1ccc2ccccc2c1-c1c([O-])ccc2ccccc12. The molecule has 0 amide bonds. The van der Waals surface area contributed by atoms with Gasteiger partial charge in [-0.25, -0.2) is 0 Å². The van der Waals surface area contributed by atoms with Gasteiger partial charge in [-0.3, -0.25) is 0 Å². The molecule has 18 rings (SSSR count). The Kier molecular flexibility index (Phi) is 36.5. The number of benzene rings is 12. The Labute approximate surface area is 635 Å². The summed E-state index contributed by atoms with van der Waals surface area (Å²) >= 11 is 0. The normalized spacial score (nSPS) is 14.5. The molecule has 6 aliphatic rings. The quantitative estimate of drug-likeness (QED) is 0.162. The van der Waals surface area contributed by atoms with Crippen LogP contribution < -0.4 is 87.2 Å². The van der Waals surface area contributed by atoms with E-state index in [4.69, 9.17) is 28.4 Å². The Bertz CT molecular complexity index is 3630. The third kappa shape index (κ3) is 23.0. The van der Waals surface area contributed by atoms with Crippen molar-refractivity contribution in [1.82, 2.24) is 0 Å². The van der Waals surface area contributed by atoms with Crippen LogP contribution in [0.1, 0.15) is 77.0 Å². The van der Waals surface area contributed by atoms with Crippen LogP contribution in [0.5, 0.6) is 34.5 Å². The van der Waals surface area contributed by atoms with Crippen LogP contribution >= 0.6 is 0 Å². The molecule has 12 aromatic rings. The van der Waals surface area contributed by atoms with Crippen LogP contribution in [0.4, 0.5) is 0 Å². The van der Waals surface area contributed by atoms with E-state index in [2.05, 4.69) is 0 Å². The Morgan fingerprint density at radius 2 is 0.290 bits per heavy atom. The van der Waals surface area contributed by atoms with Crippen molar-refractivity contribution in [2.75, 3.05) is 79.3 Å². The first-order chi connectivity index (χ1) is 47.3. The van der Waals surface area contributed by atoms with Gasteiger partial charge in [0.05, 0.1) is 0 Å². The minimum Gasteiger partial charge on any atom is -0.872 e. The molecule has 0 bridgehead atoms. The number of rotatable bonds is 3. The molecular formula is C84H84FeLi3O12. The van der Waals surface area contributed by atoms with Gasteiger partial charge in [0.2, 0.25) is 0 Å². The first kappa shape index (κ1) is 82.0. The topological polar surface area (TPSA) is 194 Å². The minimum absolute atomic E-state index is 0. The third-order valence-corrected chi connectivity index (χ3v) is 17.1. The molecule has 0 N–H and O–H groups in total. The van der Waals surface area contributed by atoms with E-state index in [1.165, 1.54) is 77.0 Å². The van der Waals surface area contributed by atoms with Gasteiger partial charge < -0.3 is 59.1 Å². The molecule has 503 valence electrons. The van der Waals surface area contributed by atoms with Crippen LogP contribution in [-0.2, 0) is 45.5 Å². The van der Waals surface area contributed by atoms with E-state index in [1.54, 1.807) is 72.8 Å². The second-order valence-electron chi connectivity index (χ2n) is 23.9. The van der Waals surface area contributed by atoms with Crippen molar-refractivity contribution in [3.05, 3.63) is 218 Å². The zero-order chi connectivity index (χ0) is 66.5. The van der Waals surface area contributed by atoms with Gasteiger partial charge in [-0.1, -0.05) is 218 Å². The zero-order valence-corrected chi connectivity index (χ0v) is 59.1. The molecule has 6 saturated heterocycles. The molecule has 100 heavy (non-hydrogen) atoms. The standard InChI is InChI=1S/3C20H14O2.6C4H8O.Fe.3Li/c3*21-17-11-9-13-5-1-3-7-15(13)19(17)20-16-8-4-2-6-14(16)10-12-18(20)22;6*1-2-4-5-3-1;;;;/h3*1-12,21-22H;6*1-4H2;;;;/q;;;;;;;;;+3;3*+1/p-6. The summed E-state index contributed by atoms with van der Waals surface area (Å²) in [6.07, 6.45) is 15.3. The molecule has 0 aliphatic carbocycles. The Balaban J connectivity index is 0.000000192. The largest absolute Gasteiger partial charge is 3.00 e. The molecule has 0 saturated carbocycles. The molecule has 0 unspecified atom stereocenters. The predicted molar refractivity (Wildman–Crippen MR) is 378 cm³/mol. The van der Waals surface area contributed by atoms with Gasteiger partial charge in [-0.2, -0.15) is 0 Å². The van der Waals surface area contributed by atoms with Gasteiger partial charge >= 0.3 is 73.7 Å². The summed E-state index contributed by atoms with van der Waals surface area (Å²) in [6, 6.07) is 66.1. The van der Waals surface area contributed by atoms with E-state index in [9.17, 15) is 30.6 Å². The second-order valence-corrected chi connectivity index (χ2v) is 23.9. The van der Waals surface area contributed by atoms with E-state index in [1.807, 2.05) is 146 Å². The fraction of sp³-hybridized carbons (Fsp3) is 0.286. The van der Waals surface area contributed by atoms with Crippen LogP contribution in [0.3, 0.4) is 0 Å². The van der Waals surface area contributed by atoms with Crippen molar-refractivity contribution >= 4 is 64.6 Å². The molecule has 6 fully saturated rings. The van der Waals surface area contributed by atoms with Gasteiger partial charge in [0, 0.05) is 79.3 Å². The first-order valence-corrected chi connectivity index (χ1v) is 33.9. The van der Waals surface area contributed by atoms with Crippen molar-refractivity contribution < 1.29 is 133 Å². The maximum absolute atomic E-state index is 12.5. The van der Waals surface area contributed by atoms with Crippen LogP contribution in [0, 0.1) is 0 Å². The smallest absolute Gasteiger partial charge is 0.872 e. The van der Waals surface area contributed by atoms with Crippen LogP contribution in [0.2, 0.25) is 0 Å². The van der Waals surface area contributed by atoms with Crippen molar-refractivity contribution in [2.24, 2.45) is 0 Å². The van der Waals surface area contributed by atoms with Crippen LogP contribution in [0.15, 0.2) is 218 Å². The van der Waals surface area contributed by atoms with Crippen LogP contribution in [-0.4, -0.2) is 79.3 Å². The average Bonchev–Trinajstić information content (AvgIpc) is 0.886. The van der Waals surface area contributed by atoms with E-state index >= 15 is 0 Å². The van der Waals surface area contributed by atoms with E-state index in [-0.39, 0.29) is 108 Å². The van der Waals surface area contributed by atoms with E-state index in [0.717, 1.165) is 144 Å². The summed E-state index contributed by atoms with van der Waals surface area (Å²) < 4.78 is 29.7. The fourth-order valence-electron chi connectivity index (χ4n) is 12.1. The second kappa shape index (κ2) is 44.5. The maximum atomic E-state index is 12.5. The summed E-state index contributed by atoms with van der Waals surface area (Å²) in [4.78, 5) is 0. The average molecular weight is 1360 g/mol. The number of hydrogen-bond acceptors (Lipinski definition) is 12. The van der Waals surface area contributed by atoms with E-state index in [0.29, 0.717) is 33.4 Å². The van der Waals surface area contributed by atoms with Crippen molar-refractivity contribution in [2.45, 2.75) is 77.0 Å². The van der Waals surface area contributed by atoms with Crippen molar-refractivity contribution in [3.63, 3.8) is 0 Å². The number of fused-ring (bicyclic) bond motifs is 6. The van der Waals surface area contributed by atoms with Crippen molar-refractivity contribution in [1.29, 1.82) is 0 Å². The molecule has 16 heteroatoms. The molecule has 1 radical (unpaired) electrons. The Hall–Kier alpha value is -6.93. The fourth-order valence-corrected chi connectivity index (χ4v) is 12.1. The molecule has 6 aliphatic heterocycles. The summed E-state index contributed by atoms with van der Waals surface area (Å²) in [7, 11) is 0. The summed E-state index contributed by atoms with van der Waals surface area (Å²) in [5.74, 6) is -0.710. The Morgan fingerprint density at radius 3 is 0.400 bits per heavy atom. The molecule has 0 spiro atoms. The van der Waals surface area contributed by atoms with Crippen LogP contribution in [0.25, 0.3) is 98.0 Å². The number of hydrogen-bond donors (Lipinski definition) is 0. The van der Waals surface area contributed by atoms with E-state index < -0.39 is 0 Å². The zero-order valence-electron chi connectivity index (χ0n) is 58.0. The van der Waals surface area contributed by atoms with Gasteiger partial charge in [-0.05, 0) is 175 Å². The maximum Gasteiger partial charge on any atom is 3.00 e.